The van der Waals surface area contributed by atoms with E-state index in [9.17, 15) is 0 Å². The Morgan fingerprint density at radius 1 is 1.38 bits per heavy atom. The van der Waals surface area contributed by atoms with Crippen molar-refractivity contribution in [3.63, 3.8) is 0 Å². The lowest BCUT2D eigenvalue weighted by atomic mass is 10.0. The van der Waals surface area contributed by atoms with Gasteiger partial charge in [-0.1, -0.05) is 0 Å². The van der Waals surface area contributed by atoms with Crippen molar-refractivity contribution < 1.29 is 0 Å². The van der Waals surface area contributed by atoms with Crippen molar-refractivity contribution in [2.75, 3.05) is 33.7 Å². The quantitative estimate of drug-likeness (QED) is 0.576. The minimum atomic E-state index is 0.221. The summed E-state index contributed by atoms with van der Waals surface area (Å²) in [6, 6.07) is 0. The van der Waals surface area contributed by atoms with Crippen LogP contribution in [-0.4, -0.2) is 54.2 Å². The van der Waals surface area contributed by atoms with E-state index >= 15 is 0 Å². The topological polar surface area (TPSA) is 18.5 Å². The molecule has 76 valence electrons. The zero-order valence-corrected chi connectivity index (χ0v) is 9.74. The molecule has 1 N–H and O–H groups in total. The van der Waals surface area contributed by atoms with E-state index in [2.05, 4.69) is 36.0 Å². The van der Waals surface area contributed by atoms with Gasteiger partial charge in [0, 0.05) is 32.2 Å². The van der Waals surface area contributed by atoms with E-state index < -0.39 is 0 Å². The Morgan fingerprint density at radius 3 is 2.46 bits per heavy atom. The van der Waals surface area contributed by atoms with E-state index in [-0.39, 0.29) is 5.54 Å². The molecule has 0 bridgehead atoms. The highest BCUT2D eigenvalue weighted by Gasteiger charge is 2.31. The molecular weight excluding hydrogens is 182 g/mol. The molecule has 1 saturated heterocycles. The van der Waals surface area contributed by atoms with Crippen LogP contribution >= 0.6 is 12.2 Å². The molecule has 1 aliphatic rings. The average molecular weight is 201 g/mol. The minimum Gasteiger partial charge on any atom is -0.366 e. The van der Waals surface area contributed by atoms with Gasteiger partial charge in [0.15, 0.2) is 5.11 Å². The van der Waals surface area contributed by atoms with Crippen LogP contribution in [0.25, 0.3) is 0 Å². The van der Waals surface area contributed by atoms with Crippen LogP contribution in [-0.2, 0) is 0 Å². The third kappa shape index (κ3) is 2.31. The Labute approximate surface area is 86.1 Å². The Hall–Kier alpha value is -0.350. The van der Waals surface area contributed by atoms with Gasteiger partial charge in [-0.2, -0.15) is 0 Å². The predicted octanol–water partition coefficient (Wildman–Crippen LogP) is 0.517. The zero-order valence-electron chi connectivity index (χ0n) is 8.92. The molecule has 13 heavy (non-hydrogen) atoms. The second-order valence-corrected chi connectivity index (χ2v) is 4.60. The van der Waals surface area contributed by atoms with Crippen molar-refractivity contribution in [3.05, 3.63) is 0 Å². The predicted molar refractivity (Wildman–Crippen MR) is 59.9 cm³/mol. The lowest BCUT2D eigenvalue weighted by Crippen LogP contribution is -2.60. The van der Waals surface area contributed by atoms with Crippen LogP contribution in [0.2, 0.25) is 0 Å². The molecule has 0 saturated carbocycles. The fourth-order valence-corrected chi connectivity index (χ4v) is 1.73. The van der Waals surface area contributed by atoms with E-state index in [1.54, 1.807) is 0 Å². The smallest absolute Gasteiger partial charge is 0.168 e. The highest BCUT2D eigenvalue weighted by atomic mass is 32.1. The van der Waals surface area contributed by atoms with E-state index in [0.29, 0.717) is 0 Å². The minimum absolute atomic E-state index is 0.221. The van der Waals surface area contributed by atoms with Crippen molar-refractivity contribution in [3.8, 4) is 0 Å². The Kier molecular flexibility index (Phi) is 3.14. The van der Waals surface area contributed by atoms with Gasteiger partial charge < -0.3 is 10.2 Å². The van der Waals surface area contributed by atoms with Gasteiger partial charge in [0.25, 0.3) is 0 Å². The molecule has 0 aliphatic carbocycles. The molecule has 1 heterocycles. The van der Waals surface area contributed by atoms with Gasteiger partial charge in [0.05, 0.1) is 0 Å². The molecule has 3 nitrogen and oxygen atoms in total. The summed E-state index contributed by atoms with van der Waals surface area (Å²) in [6.07, 6.45) is 0. The highest BCUT2D eigenvalue weighted by Crippen LogP contribution is 2.18. The lowest BCUT2D eigenvalue weighted by Gasteiger charge is -2.46. The Balaban J connectivity index is 2.60. The monoisotopic (exact) mass is 201 g/mol. The number of rotatable bonds is 0. The fourth-order valence-electron chi connectivity index (χ4n) is 1.57. The standard InChI is InChI=1S/C9H19N3S/c1-9(2)7-12(8(13)10-3)6-5-11(9)4/h5-7H2,1-4H3,(H,10,13). The van der Waals surface area contributed by atoms with Crippen LogP contribution in [0.1, 0.15) is 13.8 Å². The molecule has 0 aromatic rings. The van der Waals surface area contributed by atoms with Crippen LogP contribution in [0.15, 0.2) is 0 Å². The molecule has 0 amide bonds. The fraction of sp³-hybridized carbons (Fsp3) is 0.889. The van der Waals surface area contributed by atoms with Crippen molar-refractivity contribution in [1.82, 2.24) is 15.1 Å². The van der Waals surface area contributed by atoms with Crippen LogP contribution in [0.3, 0.4) is 0 Å². The summed E-state index contributed by atoms with van der Waals surface area (Å²) in [5.41, 5.74) is 0.221. The highest BCUT2D eigenvalue weighted by molar-refractivity contribution is 7.80. The first-order valence-electron chi connectivity index (χ1n) is 4.65. The van der Waals surface area contributed by atoms with Gasteiger partial charge >= 0.3 is 0 Å². The van der Waals surface area contributed by atoms with Crippen molar-refractivity contribution in [1.29, 1.82) is 0 Å². The average Bonchev–Trinajstić information content (AvgIpc) is 2.08. The zero-order chi connectivity index (χ0) is 10.1. The number of likely N-dealkylation sites (N-methyl/N-ethyl adjacent to an activating group) is 1. The summed E-state index contributed by atoms with van der Waals surface area (Å²) in [5.74, 6) is 0. The number of piperazine rings is 1. The van der Waals surface area contributed by atoms with E-state index in [0.717, 1.165) is 24.7 Å². The molecule has 0 unspecified atom stereocenters. The van der Waals surface area contributed by atoms with E-state index in [4.69, 9.17) is 12.2 Å². The molecule has 0 atom stereocenters. The molecule has 0 aromatic heterocycles. The van der Waals surface area contributed by atoms with Gasteiger partial charge in [-0.25, -0.2) is 0 Å². The number of hydrogen-bond acceptors (Lipinski definition) is 2. The number of hydrogen-bond donors (Lipinski definition) is 1. The molecule has 1 aliphatic heterocycles. The molecule has 1 fully saturated rings. The summed E-state index contributed by atoms with van der Waals surface area (Å²) in [7, 11) is 4.05. The molecular formula is C9H19N3S. The van der Waals surface area contributed by atoms with E-state index in [1.807, 2.05) is 7.05 Å². The maximum absolute atomic E-state index is 5.21. The first-order chi connectivity index (χ1) is 5.97. The molecule has 1 rings (SSSR count). The largest absolute Gasteiger partial charge is 0.366 e. The van der Waals surface area contributed by atoms with Gasteiger partial charge in [-0.15, -0.1) is 0 Å². The number of nitrogens with zero attached hydrogens (tertiary/aromatic N) is 2. The van der Waals surface area contributed by atoms with Crippen molar-refractivity contribution in [2.24, 2.45) is 0 Å². The first kappa shape index (κ1) is 10.7. The summed E-state index contributed by atoms with van der Waals surface area (Å²) in [6.45, 7) is 7.60. The van der Waals surface area contributed by atoms with Crippen LogP contribution in [0, 0.1) is 0 Å². The van der Waals surface area contributed by atoms with Crippen LogP contribution < -0.4 is 5.32 Å². The van der Waals surface area contributed by atoms with Gasteiger partial charge in [-0.3, -0.25) is 4.90 Å². The van der Waals surface area contributed by atoms with Crippen LogP contribution in [0.4, 0.5) is 0 Å². The second-order valence-electron chi connectivity index (χ2n) is 4.21. The van der Waals surface area contributed by atoms with Crippen molar-refractivity contribution in [2.45, 2.75) is 19.4 Å². The summed E-state index contributed by atoms with van der Waals surface area (Å²) in [4.78, 5) is 4.61. The normalized spacial score (nSPS) is 22.9. The summed E-state index contributed by atoms with van der Waals surface area (Å²) in [5, 5.41) is 3.89. The van der Waals surface area contributed by atoms with Crippen LogP contribution in [0.5, 0.6) is 0 Å². The summed E-state index contributed by atoms with van der Waals surface area (Å²) >= 11 is 5.21. The van der Waals surface area contributed by atoms with Gasteiger partial charge in [-0.05, 0) is 33.1 Å². The molecule has 0 aromatic carbocycles. The maximum Gasteiger partial charge on any atom is 0.168 e. The molecule has 0 radical (unpaired) electrons. The second kappa shape index (κ2) is 3.80. The van der Waals surface area contributed by atoms with Crippen molar-refractivity contribution >= 4 is 17.3 Å². The Morgan fingerprint density at radius 2 is 2.00 bits per heavy atom. The molecule has 0 spiro atoms. The Bertz CT molecular complexity index is 203. The summed E-state index contributed by atoms with van der Waals surface area (Å²) < 4.78 is 0. The number of thiocarbonyl (C=S) groups is 1. The lowest BCUT2D eigenvalue weighted by molar-refractivity contribution is 0.0742. The van der Waals surface area contributed by atoms with E-state index in [1.165, 1.54) is 0 Å². The van der Waals surface area contributed by atoms with Gasteiger partial charge in [0.1, 0.15) is 0 Å². The SMILES string of the molecule is CNC(=S)N1CCN(C)C(C)(C)C1. The maximum atomic E-state index is 5.21. The van der Waals surface area contributed by atoms with Gasteiger partial charge in [0.2, 0.25) is 0 Å². The molecule has 4 heteroatoms. The third-order valence-corrected chi connectivity index (χ3v) is 3.28. The number of nitrogens with one attached hydrogen (secondary N) is 1. The first-order valence-corrected chi connectivity index (χ1v) is 5.06. The third-order valence-electron chi connectivity index (χ3n) is 2.82.